The summed E-state index contributed by atoms with van der Waals surface area (Å²) in [6.07, 6.45) is 0. The predicted molar refractivity (Wildman–Crippen MR) is 73.2 cm³/mol. The molecule has 2 aromatic rings. The molecule has 3 nitrogen and oxygen atoms in total. The summed E-state index contributed by atoms with van der Waals surface area (Å²) in [5, 5.41) is 2.76. The lowest BCUT2D eigenvalue weighted by Crippen LogP contribution is -2.10. The SMILES string of the molecule is Cc1ccc(NC(=O)c2ccc(Br)o2)cc1Br. The van der Waals surface area contributed by atoms with Gasteiger partial charge in [-0.1, -0.05) is 22.0 Å². The number of rotatable bonds is 2. The number of aryl methyl sites for hydroxylation is 1. The van der Waals surface area contributed by atoms with Gasteiger partial charge in [0.15, 0.2) is 10.4 Å². The monoisotopic (exact) mass is 357 g/mol. The minimum atomic E-state index is -0.272. The lowest BCUT2D eigenvalue weighted by Gasteiger charge is -2.05. The topological polar surface area (TPSA) is 42.2 Å². The van der Waals surface area contributed by atoms with Crippen LogP contribution in [0.15, 0.2) is 43.9 Å². The first-order valence-electron chi connectivity index (χ1n) is 4.89. The maximum absolute atomic E-state index is 11.8. The van der Waals surface area contributed by atoms with Crippen molar-refractivity contribution in [2.45, 2.75) is 6.92 Å². The fourth-order valence-corrected chi connectivity index (χ4v) is 1.98. The van der Waals surface area contributed by atoms with E-state index in [9.17, 15) is 4.79 Å². The Kier molecular flexibility index (Phi) is 3.69. The van der Waals surface area contributed by atoms with Gasteiger partial charge < -0.3 is 9.73 Å². The highest BCUT2D eigenvalue weighted by Crippen LogP contribution is 2.21. The van der Waals surface area contributed by atoms with E-state index in [1.165, 1.54) is 0 Å². The van der Waals surface area contributed by atoms with Gasteiger partial charge in [-0.25, -0.2) is 0 Å². The van der Waals surface area contributed by atoms with Gasteiger partial charge in [-0.05, 0) is 52.7 Å². The number of amides is 1. The largest absolute Gasteiger partial charge is 0.444 e. The minimum absolute atomic E-state index is 0.272. The van der Waals surface area contributed by atoms with E-state index >= 15 is 0 Å². The Morgan fingerprint density at radius 3 is 2.59 bits per heavy atom. The highest BCUT2D eigenvalue weighted by Gasteiger charge is 2.10. The molecule has 0 fully saturated rings. The molecular weight excluding hydrogens is 350 g/mol. The molecule has 0 aliphatic rings. The van der Waals surface area contributed by atoms with Crippen LogP contribution >= 0.6 is 31.9 Å². The van der Waals surface area contributed by atoms with E-state index in [2.05, 4.69) is 37.2 Å². The van der Waals surface area contributed by atoms with Crippen molar-refractivity contribution in [3.63, 3.8) is 0 Å². The van der Waals surface area contributed by atoms with E-state index in [1.54, 1.807) is 12.1 Å². The number of hydrogen-bond acceptors (Lipinski definition) is 2. The number of nitrogens with one attached hydrogen (secondary N) is 1. The van der Waals surface area contributed by atoms with Gasteiger partial charge in [0.25, 0.3) is 5.91 Å². The summed E-state index contributed by atoms with van der Waals surface area (Å²) in [6, 6.07) is 8.92. The molecule has 0 saturated carbocycles. The molecule has 0 aliphatic carbocycles. The van der Waals surface area contributed by atoms with Crippen molar-refractivity contribution in [2.75, 3.05) is 5.32 Å². The molecule has 17 heavy (non-hydrogen) atoms. The van der Waals surface area contributed by atoms with Gasteiger partial charge >= 0.3 is 0 Å². The van der Waals surface area contributed by atoms with Gasteiger partial charge in [0.05, 0.1) is 0 Å². The van der Waals surface area contributed by atoms with Gasteiger partial charge in [-0.3, -0.25) is 4.79 Å². The van der Waals surface area contributed by atoms with Crippen LogP contribution in [0.4, 0.5) is 5.69 Å². The molecular formula is C12H9Br2NO2. The lowest BCUT2D eigenvalue weighted by atomic mass is 10.2. The van der Waals surface area contributed by atoms with Crippen LogP contribution in [0.5, 0.6) is 0 Å². The van der Waals surface area contributed by atoms with Gasteiger partial charge in [-0.2, -0.15) is 0 Å². The molecule has 1 heterocycles. The van der Waals surface area contributed by atoms with Crippen LogP contribution in [0.25, 0.3) is 0 Å². The normalized spacial score (nSPS) is 10.3. The second-order valence-electron chi connectivity index (χ2n) is 3.52. The Balaban J connectivity index is 2.15. The molecule has 1 amide bonds. The highest BCUT2D eigenvalue weighted by molar-refractivity contribution is 9.10. The van der Waals surface area contributed by atoms with Crippen molar-refractivity contribution in [3.8, 4) is 0 Å². The molecule has 0 aliphatic heterocycles. The van der Waals surface area contributed by atoms with E-state index in [0.717, 1.165) is 15.7 Å². The molecule has 5 heteroatoms. The fourth-order valence-electron chi connectivity index (χ4n) is 1.30. The summed E-state index contributed by atoms with van der Waals surface area (Å²) in [6.45, 7) is 1.99. The van der Waals surface area contributed by atoms with Crippen LogP contribution < -0.4 is 5.32 Å². The third-order valence-electron chi connectivity index (χ3n) is 2.23. The second kappa shape index (κ2) is 5.06. The van der Waals surface area contributed by atoms with E-state index < -0.39 is 0 Å². The van der Waals surface area contributed by atoms with Crippen molar-refractivity contribution < 1.29 is 9.21 Å². The number of carbonyl (C=O) groups excluding carboxylic acids is 1. The molecule has 1 aromatic heterocycles. The maximum atomic E-state index is 11.8. The van der Waals surface area contributed by atoms with Crippen molar-refractivity contribution in [2.24, 2.45) is 0 Å². The van der Waals surface area contributed by atoms with Crippen LogP contribution in [-0.4, -0.2) is 5.91 Å². The van der Waals surface area contributed by atoms with Crippen LogP contribution in [0.1, 0.15) is 16.1 Å². The second-order valence-corrected chi connectivity index (χ2v) is 5.16. The fraction of sp³-hybridized carbons (Fsp3) is 0.0833. The Morgan fingerprint density at radius 2 is 2.00 bits per heavy atom. The molecule has 0 bridgehead atoms. The zero-order valence-electron chi connectivity index (χ0n) is 8.96. The average molecular weight is 359 g/mol. The van der Waals surface area contributed by atoms with E-state index in [-0.39, 0.29) is 11.7 Å². The van der Waals surface area contributed by atoms with E-state index in [1.807, 2.05) is 25.1 Å². The highest BCUT2D eigenvalue weighted by atomic mass is 79.9. The zero-order valence-corrected chi connectivity index (χ0v) is 12.1. The summed E-state index contributed by atoms with van der Waals surface area (Å²) in [5.41, 5.74) is 1.84. The average Bonchev–Trinajstić information content (AvgIpc) is 2.70. The maximum Gasteiger partial charge on any atom is 0.291 e. The molecule has 0 atom stereocenters. The number of furan rings is 1. The molecule has 0 saturated heterocycles. The summed E-state index contributed by atoms with van der Waals surface area (Å²) in [7, 11) is 0. The Morgan fingerprint density at radius 1 is 1.24 bits per heavy atom. The number of anilines is 1. The van der Waals surface area contributed by atoms with Crippen LogP contribution in [0.2, 0.25) is 0 Å². The first-order valence-corrected chi connectivity index (χ1v) is 6.48. The Hall–Kier alpha value is -1.07. The first-order chi connectivity index (χ1) is 8.06. The first kappa shape index (κ1) is 12.4. The van der Waals surface area contributed by atoms with E-state index in [0.29, 0.717) is 4.67 Å². The van der Waals surface area contributed by atoms with Crippen LogP contribution in [0, 0.1) is 6.92 Å². The molecule has 1 aromatic carbocycles. The van der Waals surface area contributed by atoms with Crippen LogP contribution in [-0.2, 0) is 0 Å². The standard InChI is InChI=1S/C12H9Br2NO2/c1-7-2-3-8(6-9(7)13)15-12(16)10-4-5-11(14)17-10/h2-6H,1H3,(H,15,16). The quantitative estimate of drug-likeness (QED) is 0.866. The van der Waals surface area contributed by atoms with Gasteiger partial charge in [0.1, 0.15) is 0 Å². The molecule has 1 N–H and O–H groups in total. The Bertz CT molecular complexity index is 563. The van der Waals surface area contributed by atoms with Crippen molar-refractivity contribution in [1.82, 2.24) is 0 Å². The van der Waals surface area contributed by atoms with Crippen molar-refractivity contribution in [1.29, 1.82) is 0 Å². The number of carbonyl (C=O) groups is 1. The van der Waals surface area contributed by atoms with Gasteiger partial charge in [0.2, 0.25) is 0 Å². The molecule has 0 unspecified atom stereocenters. The minimum Gasteiger partial charge on any atom is -0.444 e. The summed E-state index contributed by atoms with van der Waals surface area (Å²) < 4.78 is 6.65. The van der Waals surface area contributed by atoms with Crippen LogP contribution in [0.3, 0.4) is 0 Å². The third-order valence-corrected chi connectivity index (χ3v) is 3.51. The molecule has 88 valence electrons. The summed E-state index contributed by atoms with van der Waals surface area (Å²) in [5.74, 6) is 0.0000236. The third kappa shape index (κ3) is 2.98. The zero-order chi connectivity index (χ0) is 12.4. The molecule has 0 radical (unpaired) electrons. The van der Waals surface area contributed by atoms with Crippen molar-refractivity contribution >= 4 is 43.5 Å². The number of halogens is 2. The van der Waals surface area contributed by atoms with Crippen molar-refractivity contribution in [3.05, 3.63) is 50.8 Å². The molecule has 0 spiro atoms. The smallest absolute Gasteiger partial charge is 0.291 e. The lowest BCUT2D eigenvalue weighted by molar-refractivity contribution is 0.0995. The molecule has 2 rings (SSSR count). The Labute approximate surface area is 115 Å². The van der Waals surface area contributed by atoms with Gasteiger partial charge in [0, 0.05) is 10.2 Å². The number of benzene rings is 1. The summed E-state index contributed by atoms with van der Waals surface area (Å²) in [4.78, 5) is 11.8. The predicted octanol–water partition coefficient (Wildman–Crippen LogP) is 4.37. The number of hydrogen-bond donors (Lipinski definition) is 1. The van der Waals surface area contributed by atoms with E-state index in [4.69, 9.17) is 4.42 Å². The van der Waals surface area contributed by atoms with Gasteiger partial charge in [-0.15, -0.1) is 0 Å². The summed E-state index contributed by atoms with van der Waals surface area (Å²) >= 11 is 6.57.